The fraction of sp³-hybridized carbons (Fsp3) is 0.158. The van der Waals surface area contributed by atoms with Crippen LogP contribution in [-0.4, -0.2) is 22.0 Å². The number of para-hydroxylation sites is 3. The van der Waals surface area contributed by atoms with E-state index in [1.54, 1.807) is 6.33 Å². The number of imidazole rings is 1. The second-order valence-corrected chi connectivity index (χ2v) is 6.00. The second-order valence-electron chi connectivity index (χ2n) is 6.00. The molecule has 0 fully saturated rings. The number of ether oxygens (including phenoxy) is 1. The van der Waals surface area contributed by atoms with E-state index in [9.17, 15) is 4.79 Å². The van der Waals surface area contributed by atoms with Crippen LogP contribution in [0.3, 0.4) is 0 Å². The van der Waals surface area contributed by atoms with Crippen molar-refractivity contribution in [2.45, 2.75) is 13.0 Å². The van der Waals surface area contributed by atoms with Gasteiger partial charge in [-0.25, -0.2) is 4.98 Å². The highest BCUT2D eigenvalue weighted by Gasteiger charge is 2.31. The number of carbonyl (C=O) groups excluding carboxylic acids is 1. The predicted octanol–water partition coefficient (Wildman–Crippen LogP) is 2.97. The Kier molecular flexibility index (Phi) is 2.76. The van der Waals surface area contributed by atoms with Gasteiger partial charge in [0.1, 0.15) is 18.7 Å². The number of rotatable bonds is 1. The lowest BCUT2D eigenvalue weighted by molar-refractivity contribution is 0.0982. The van der Waals surface area contributed by atoms with Gasteiger partial charge in [-0.05, 0) is 30.2 Å². The third-order valence-corrected chi connectivity index (χ3v) is 4.69. The SMILES string of the molecule is O=C(c1ncn2c1COc1ccccc1-2)N1CCc2ccccc21. The molecule has 5 heteroatoms. The molecule has 0 bridgehead atoms. The first-order valence-corrected chi connectivity index (χ1v) is 8.01. The van der Waals surface area contributed by atoms with Crippen molar-refractivity contribution in [3.63, 3.8) is 0 Å². The van der Waals surface area contributed by atoms with Crippen LogP contribution in [0, 0.1) is 0 Å². The Morgan fingerprint density at radius 3 is 2.75 bits per heavy atom. The summed E-state index contributed by atoms with van der Waals surface area (Å²) < 4.78 is 7.75. The lowest BCUT2D eigenvalue weighted by atomic mass is 10.2. The Morgan fingerprint density at radius 2 is 1.83 bits per heavy atom. The maximum absolute atomic E-state index is 13.0. The van der Waals surface area contributed by atoms with Crippen LogP contribution in [0.25, 0.3) is 5.69 Å². The van der Waals surface area contributed by atoms with Crippen LogP contribution in [0.2, 0.25) is 0 Å². The van der Waals surface area contributed by atoms with Crippen molar-refractivity contribution in [3.05, 3.63) is 71.8 Å². The molecule has 2 aliphatic rings. The highest BCUT2D eigenvalue weighted by Crippen LogP contribution is 2.33. The zero-order valence-corrected chi connectivity index (χ0v) is 13.0. The van der Waals surface area contributed by atoms with Crippen LogP contribution in [0.5, 0.6) is 5.75 Å². The quantitative estimate of drug-likeness (QED) is 0.693. The van der Waals surface area contributed by atoms with Crippen LogP contribution in [0.15, 0.2) is 54.9 Å². The van der Waals surface area contributed by atoms with E-state index in [1.807, 2.05) is 51.9 Å². The smallest absolute Gasteiger partial charge is 0.278 e. The monoisotopic (exact) mass is 317 g/mol. The maximum atomic E-state index is 13.0. The highest BCUT2D eigenvalue weighted by atomic mass is 16.5. The number of hydrogen-bond acceptors (Lipinski definition) is 3. The summed E-state index contributed by atoms with van der Waals surface area (Å²) in [6, 6.07) is 15.8. The summed E-state index contributed by atoms with van der Waals surface area (Å²) in [5.41, 5.74) is 4.40. The third-order valence-electron chi connectivity index (χ3n) is 4.69. The number of hydrogen-bond donors (Lipinski definition) is 0. The standard InChI is InChI=1S/C19H15N3O2/c23-19(21-10-9-13-5-1-2-6-14(13)21)18-16-11-24-17-8-4-3-7-15(17)22(16)12-20-18/h1-8,12H,9-11H2. The van der Waals surface area contributed by atoms with Crippen molar-refractivity contribution in [1.29, 1.82) is 0 Å². The molecule has 0 saturated carbocycles. The lowest BCUT2D eigenvalue weighted by Crippen LogP contribution is -2.30. The van der Waals surface area contributed by atoms with Crippen LogP contribution < -0.4 is 9.64 Å². The summed E-state index contributed by atoms with van der Waals surface area (Å²) in [6.45, 7) is 1.05. The van der Waals surface area contributed by atoms with Crippen LogP contribution in [0.4, 0.5) is 5.69 Å². The molecule has 2 aliphatic heterocycles. The number of benzene rings is 2. The summed E-state index contributed by atoms with van der Waals surface area (Å²) in [5, 5.41) is 0. The normalized spacial score (nSPS) is 14.6. The first kappa shape index (κ1) is 13.4. The van der Waals surface area contributed by atoms with Gasteiger partial charge >= 0.3 is 0 Å². The molecular weight excluding hydrogens is 302 g/mol. The molecule has 118 valence electrons. The van der Waals surface area contributed by atoms with Gasteiger partial charge in [-0.1, -0.05) is 30.3 Å². The Hall–Kier alpha value is -3.08. The molecule has 3 aromatic rings. The number of anilines is 1. The van der Waals surface area contributed by atoms with E-state index >= 15 is 0 Å². The molecule has 0 radical (unpaired) electrons. The average molecular weight is 317 g/mol. The first-order chi connectivity index (χ1) is 11.8. The summed E-state index contributed by atoms with van der Waals surface area (Å²) in [5.74, 6) is 0.754. The van der Waals surface area contributed by atoms with Crippen LogP contribution >= 0.6 is 0 Å². The number of fused-ring (bicyclic) bond motifs is 4. The molecule has 0 spiro atoms. The lowest BCUT2D eigenvalue weighted by Gasteiger charge is -2.21. The molecule has 1 aromatic heterocycles. The van der Waals surface area contributed by atoms with E-state index in [0.717, 1.165) is 29.2 Å². The van der Waals surface area contributed by atoms with Gasteiger partial charge in [0, 0.05) is 12.2 Å². The van der Waals surface area contributed by atoms with Gasteiger partial charge < -0.3 is 9.64 Å². The Labute approximate surface area is 139 Å². The molecule has 1 amide bonds. The number of amides is 1. The largest absolute Gasteiger partial charge is 0.485 e. The van der Waals surface area contributed by atoms with Crippen molar-refractivity contribution in [1.82, 2.24) is 9.55 Å². The molecule has 3 heterocycles. The van der Waals surface area contributed by atoms with Gasteiger partial charge in [-0.3, -0.25) is 9.36 Å². The molecular formula is C19H15N3O2. The zero-order chi connectivity index (χ0) is 16.1. The molecule has 24 heavy (non-hydrogen) atoms. The minimum atomic E-state index is -0.0586. The fourth-order valence-electron chi connectivity index (χ4n) is 3.50. The van der Waals surface area contributed by atoms with Crippen molar-refractivity contribution < 1.29 is 9.53 Å². The van der Waals surface area contributed by atoms with Gasteiger partial charge in [0.25, 0.3) is 5.91 Å². The number of carbonyl (C=O) groups is 1. The summed E-state index contributed by atoms with van der Waals surface area (Å²) in [7, 11) is 0. The summed E-state index contributed by atoms with van der Waals surface area (Å²) in [4.78, 5) is 19.3. The van der Waals surface area contributed by atoms with Crippen molar-refractivity contribution in [2.24, 2.45) is 0 Å². The topological polar surface area (TPSA) is 47.4 Å². The van der Waals surface area contributed by atoms with Gasteiger partial charge in [0.2, 0.25) is 0 Å². The molecule has 5 rings (SSSR count). The maximum Gasteiger partial charge on any atom is 0.278 e. The van der Waals surface area contributed by atoms with Crippen molar-refractivity contribution in [3.8, 4) is 11.4 Å². The van der Waals surface area contributed by atoms with Crippen LogP contribution in [-0.2, 0) is 13.0 Å². The van der Waals surface area contributed by atoms with Gasteiger partial charge in [-0.2, -0.15) is 0 Å². The first-order valence-electron chi connectivity index (χ1n) is 8.01. The van der Waals surface area contributed by atoms with Crippen molar-refractivity contribution in [2.75, 3.05) is 11.4 Å². The van der Waals surface area contributed by atoms with Crippen LogP contribution in [0.1, 0.15) is 21.7 Å². The minimum absolute atomic E-state index is 0.0586. The predicted molar refractivity (Wildman–Crippen MR) is 89.7 cm³/mol. The Bertz CT molecular complexity index is 961. The van der Waals surface area contributed by atoms with E-state index in [-0.39, 0.29) is 5.91 Å². The van der Waals surface area contributed by atoms with E-state index in [2.05, 4.69) is 11.1 Å². The molecule has 0 atom stereocenters. The zero-order valence-electron chi connectivity index (χ0n) is 13.0. The summed E-state index contributed by atoms with van der Waals surface area (Å²) >= 11 is 0. The van der Waals surface area contributed by atoms with Gasteiger partial charge in [-0.15, -0.1) is 0 Å². The van der Waals surface area contributed by atoms with E-state index < -0.39 is 0 Å². The van der Waals surface area contributed by atoms with Gasteiger partial charge in [0.15, 0.2) is 5.69 Å². The Morgan fingerprint density at radius 1 is 1.04 bits per heavy atom. The van der Waals surface area contributed by atoms with E-state index in [1.165, 1.54) is 5.56 Å². The summed E-state index contributed by atoms with van der Waals surface area (Å²) in [6.07, 6.45) is 2.60. The van der Waals surface area contributed by atoms with Gasteiger partial charge in [0.05, 0.1) is 11.4 Å². The second kappa shape index (κ2) is 4.96. The number of nitrogens with zero attached hydrogens (tertiary/aromatic N) is 3. The molecule has 2 aromatic carbocycles. The number of aromatic nitrogens is 2. The molecule has 0 N–H and O–H groups in total. The molecule has 0 saturated heterocycles. The molecule has 5 nitrogen and oxygen atoms in total. The third kappa shape index (κ3) is 1.81. The van der Waals surface area contributed by atoms with E-state index in [0.29, 0.717) is 18.8 Å². The molecule has 0 unspecified atom stereocenters. The van der Waals surface area contributed by atoms with Crippen molar-refractivity contribution >= 4 is 11.6 Å². The fourth-order valence-corrected chi connectivity index (χ4v) is 3.50. The minimum Gasteiger partial charge on any atom is -0.485 e. The average Bonchev–Trinajstić information content (AvgIpc) is 3.25. The highest BCUT2D eigenvalue weighted by molar-refractivity contribution is 6.06. The molecule has 0 aliphatic carbocycles. The Balaban J connectivity index is 1.56. The van der Waals surface area contributed by atoms with E-state index in [4.69, 9.17) is 4.74 Å².